The number of fused-ring (bicyclic) bond motifs is 1. The Morgan fingerprint density at radius 1 is 1.50 bits per heavy atom. The predicted molar refractivity (Wildman–Crippen MR) is 43.0 cm³/mol. The first-order valence-electron chi connectivity index (χ1n) is 4.27. The molecule has 0 aliphatic carbocycles. The standard InChI is InChI=1S/C9H15N/c1-8-6-9-4-2-3-5-10(9)7-8/h6,9H,2-5,7H2,1H3. The zero-order valence-corrected chi connectivity index (χ0v) is 6.64. The predicted octanol–water partition coefficient (Wildman–Crippen LogP) is 1.80. The monoisotopic (exact) mass is 137 g/mol. The van der Waals surface area contributed by atoms with Crippen molar-refractivity contribution in [2.24, 2.45) is 0 Å². The minimum atomic E-state index is 0.814. The van der Waals surface area contributed by atoms with Gasteiger partial charge in [-0.3, -0.25) is 4.90 Å². The van der Waals surface area contributed by atoms with E-state index in [1.165, 1.54) is 32.4 Å². The zero-order chi connectivity index (χ0) is 6.97. The van der Waals surface area contributed by atoms with E-state index in [0.29, 0.717) is 0 Å². The molecule has 0 bridgehead atoms. The maximum Gasteiger partial charge on any atom is 0.0284 e. The molecule has 0 aromatic rings. The lowest BCUT2D eigenvalue weighted by Crippen LogP contribution is -2.34. The molecule has 1 nitrogen and oxygen atoms in total. The van der Waals surface area contributed by atoms with E-state index in [1.54, 1.807) is 5.57 Å². The average Bonchev–Trinajstić information content (AvgIpc) is 2.27. The molecule has 2 rings (SSSR count). The molecule has 0 aromatic heterocycles. The highest BCUT2D eigenvalue weighted by atomic mass is 15.2. The topological polar surface area (TPSA) is 3.24 Å². The Bertz CT molecular complexity index is 160. The first-order chi connectivity index (χ1) is 4.86. The van der Waals surface area contributed by atoms with Crippen LogP contribution in [0.25, 0.3) is 0 Å². The van der Waals surface area contributed by atoms with Crippen LogP contribution in [-0.2, 0) is 0 Å². The first-order valence-corrected chi connectivity index (χ1v) is 4.27. The maximum absolute atomic E-state index is 2.60. The fourth-order valence-corrected chi connectivity index (χ4v) is 2.10. The SMILES string of the molecule is CC1=CC2CCCCN2C1. The smallest absolute Gasteiger partial charge is 0.0284 e. The van der Waals surface area contributed by atoms with Crippen molar-refractivity contribution < 1.29 is 0 Å². The van der Waals surface area contributed by atoms with Gasteiger partial charge in [0, 0.05) is 12.6 Å². The molecule has 1 saturated heterocycles. The van der Waals surface area contributed by atoms with Crippen LogP contribution in [0.3, 0.4) is 0 Å². The van der Waals surface area contributed by atoms with Crippen molar-refractivity contribution in [2.75, 3.05) is 13.1 Å². The van der Waals surface area contributed by atoms with Crippen LogP contribution in [-0.4, -0.2) is 24.0 Å². The third kappa shape index (κ3) is 0.988. The van der Waals surface area contributed by atoms with E-state index in [9.17, 15) is 0 Å². The summed E-state index contributed by atoms with van der Waals surface area (Å²) in [5.41, 5.74) is 1.58. The molecule has 2 heterocycles. The van der Waals surface area contributed by atoms with E-state index in [2.05, 4.69) is 17.9 Å². The fraction of sp³-hybridized carbons (Fsp3) is 0.778. The van der Waals surface area contributed by atoms with Crippen molar-refractivity contribution in [3.05, 3.63) is 11.6 Å². The molecule has 0 amide bonds. The minimum Gasteiger partial charge on any atom is -0.293 e. The second-order valence-electron chi connectivity index (χ2n) is 3.55. The van der Waals surface area contributed by atoms with Gasteiger partial charge in [-0.05, 0) is 26.3 Å². The lowest BCUT2D eigenvalue weighted by atomic mass is 10.0. The summed E-state index contributed by atoms with van der Waals surface area (Å²) >= 11 is 0. The van der Waals surface area contributed by atoms with Crippen molar-refractivity contribution in [2.45, 2.75) is 32.2 Å². The minimum absolute atomic E-state index is 0.814. The van der Waals surface area contributed by atoms with Gasteiger partial charge in [-0.1, -0.05) is 18.1 Å². The molecule has 10 heavy (non-hydrogen) atoms. The Hall–Kier alpha value is -0.300. The second-order valence-corrected chi connectivity index (χ2v) is 3.55. The van der Waals surface area contributed by atoms with E-state index < -0.39 is 0 Å². The molecule has 2 aliphatic heterocycles. The van der Waals surface area contributed by atoms with E-state index in [4.69, 9.17) is 0 Å². The summed E-state index contributed by atoms with van der Waals surface area (Å²) in [7, 11) is 0. The quantitative estimate of drug-likeness (QED) is 0.460. The van der Waals surface area contributed by atoms with Crippen molar-refractivity contribution in [3.63, 3.8) is 0 Å². The largest absolute Gasteiger partial charge is 0.293 e. The molecule has 0 N–H and O–H groups in total. The Morgan fingerprint density at radius 2 is 2.40 bits per heavy atom. The molecule has 0 radical (unpaired) electrons. The average molecular weight is 137 g/mol. The van der Waals surface area contributed by atoms with Gasteiger partial charge < -0.3 is 0 Å². The number of rotatable bonds is 0. The van der Waals surface area contributed by atoms with Gasteiger partial charge in [0.1, 0.15) is 0 Å². The summed E-state index contributed by atoms with van der Waals surface area (Å²) in [6, 6.07) is 0.814. The van der Waals surface area contributed by atoms with Crippen molar-refractivity contribution in [3.8, 4) is 0 Å². The Kier molecular flexibility index (Phi) is 1.53. The van der Waals surface area contributed by atoms with Gasteiger partial charge in [0.05, 0.1) is 0 Å². The van der Waals surface area contributed by atoms with Crippen molar-refractivity contribution >= 4 is 0 Å². The highest BCUT2D eigenvalue weighted by Crippen LogP contribution is 2.24. The highest BCUT2D eigenvalue weighted by molar-refractivity contribution is 5.14. The van der Waals surface area contributed by atoms with Gasteiger partial charge >= 0.3 is 0 Å². The number of nitrogens with zero attached hydrogens (tertiary/aromatic N) is 1. The molecule has 0 aromatic carbocycles. The molecular weight excluding hydrogens is 122 g/mol. The molecule has 1 atom stereocenters. The van der Waals surface area contributed by atoms with Gasteiger partial charge in [-0.25, -0.2) is 0 Å². The molecular formula is C9H15N. The van der Waals surface area contributed by atoms with E-state index in [-0.39, 0.29) is 0 Å². The lowest BCUT2D eigenvalue weighted by Gasteiger charge is -2.28. The Labute approximate surface area is 62.7 Å². The molecule has 2 aliphatic rings. The molecule has 1 unspecified atom stereocenters. The summed E-state index contributed by atoms with van der Waals surface area (Å²) in [4.78, 5) is 2.60. The van der Waals surface area contributed by atoms with Crippen molar-refractivity contribution in [1.82, 2.24) is 4.90 Å². The van der Waals surface area contributed by atoms with Gasteiger partial charge in [-0.15, -0.1) is 0 Å². The van der Waals surface area contributed by atoms with E-state index >= 15 is 0 Å². The van der Waals surface area contributed by atoms with Crippen LogP contribution in [0.5, 0.6) is 0 Å². The van der Waals surface area contributed by atoms with Gasteiger partial charge in [0.25, 0.3) is 0 Å². The van der Waals surface area contributed by atoms with Gasteiger partial charge in [0.2, 0.25) is 0 Å². The molecule has 0 spiro atoms. The van der Waals surface area contributed by atoms with Crippen LogP contribution in [0, 0.1) is 0 Å². The normalized spacial score (nSPS) is 33.7. The highest BCUT2D eigenvalue weighted by Gasteiger charge is 2.24. The molecule has 0 saturated carbocycles. The first kappa shape index (κ1) is 6.41. The summed E-state index contributed by atoms with van der Waals surface area (Å²) in [5, 5.41) is 0. The van der Waals surface area contributed by atoms with Gasteiger partial charge in [0.15, 0.2) is 0 Å². The summed E-state index contributed by atoms with van der Waals surface area (Å²) in [6.45, 7) is 4.82. The number of piperidine rings is 1. The van der Waals surface area contributed by atoms with Crippen LogP contribution in [0.2, 0.25) is 0 Å². The van der Waals surface area contributed by atoms with Gasteiger partial charge in [-0.2, -0.15) is 0 Å². The number of hydrogen-bond donors (Lipinski definition) is 0. The van der Waals surface area contributed by atoms with Crippen LogP contribution >= 0.6 is 0 Å². The van der Waals surface area contributed by atoms with Crippen LogP contribution in [0.4, 0.5) is 0 Å². The van der Waals surface area contributed by atoms with Crippen LogP contribution < -0.4 is 0 Å². The Morgan fingerprint density at radius 3 is 3.20 bits per heavy atom. The fourth-order valence-electron chi connectivity index (χ4n) is 2.10. The Balaban J connectivity index is 2.06. The molecule has 1 heteroatoms. The zero-order valence-electron chi connectivity index (χ0n) is 6.64. The van der Waals surface area contributed by atoms with E-state index in [1.807, 2.05) is 0 Å². The third-order valence-corrected chi connectivity index (χ3v) is 2.59. The second kappa shape index (κ2) is 2.39. The number of hydrogen-bond acceptors (Lipinski definition) is 1. The third-order valence-electron chi connectivity index (χ3n) is 2.59. The molecule has 1 fully saturated rings. The summed E-state index contributed by atoms with van der Waals surface area (Å²) in [6.07, 6.45) is 6.69. The summed E-state index contributed by atoms with van der Waals surface area (Å²) in [5.74, 6) is 0. The lowest BCUT2D eigenvalue weighted by molar-refractivity contribution is 0.213. The maximum atomic E-state index is 2.60. The van der Waals surface area contributed by atoms with Crippen LogP contribution in [0.15, 0.2) is 11.6 Å². The molecule has 56 valence electrons. The summed E-state index contributed by atoms with van der Waals surface area (Å²) < 4.78 is 0. The van der Waals surface area contributed by atoms with E-state index in [0.717, 1.165) is 6.04 Å². The van der Waals surface area contributed by atoms with Crippen molar-refractivity contribution in [1.29, 1.82) is 0 Å². The van der Waals surface area contributed by atoms with Crippen LogP contribution in [0.1, 0.15) is 26.2 Å².